The van der Waals surface area contributed by atoms with E-state index in [9.17, 15) is 4.79 Å². The van der Waals surface area contributed by atoms with Crippen LogP contribution in [-0.2, 0) is 0 Å². The fourth-order valence-electron chi connectivity index (χ4n) is 2.15. The van der Waals surface area contributed by atoms with Crippen molar-refractivity contribution < 1.29 is 9.53 Å². The number of rotatable bonds is 1. The van der Waals surface area contributed by atoms with E-state index in [1.165, 1.54) is 0 Å². The van der Waals surface area contributed by atoms with E-state index in [2.05, 4.69) is 0 Å². The van der Waals surface area contributed by atoms with E-state index in [0.717, 1.165) is 5.56 Å². The van der Waals surface area contributed by atoms with Crippen LogP contribution in [-0.4, -0.2) is 5.78 Å². The van der Waals surface area contributed by atoms with Gasteiger partial charge in [0.1, 0.15) is 11.9 Å². The van der Waals surface area contributed by atoms with Crippen molar-refractivity contribution in [2.24, 2.45) is 0 Å². The van der Waals surface area contributed by atoms with Crippen molar-refractivity contribution in [3.05, 3.63) is 64.7 Å². The molecule has 0 spiro atoms. The average Bonchev–Trinajstić information content (AvgIpc) is 2.40. The second-order valence-corrected chi connectivity index (χ2v) is 4.72. The highest BCUT2D eigenvalue weighted by Gasteiger charge is 2.27. The number of hydrogen-bond acceptors (Lipinski definition) is 2. The molecule has 0 saturated carbocycles. The van der Waals surface area contributed by atoms with E-state index in [-0.39, 0.29) is 11.9 Å². The molecule has 0 bridgehead atoms. The molecule has 0 radical (unpaired) electrons. The van der Waals surface area contributed by atoms with Gasteiger partial charge in [0, 0.05) is 5.02 Å². The van der Waals surface area contributed by atoms with Crippen LogP contribution in [0.4, 0.5) is 0 Å². The van der Waals surface area contributed by atoms with Crippen molar-refractivity contribution in [3.63, 3.8) is 0 Å². The summed E-state index contributed by atoms with van der Waals surface area (Å²) >= 11 is 5.89. The molecule has 2 aromatic carbocycles. The Balaban J connectivity index is 1.97. The van der Waals surface area contributed by atoms with Gasteiger partial charge in [0.05, 0.1) is 12.0 Å². The quantitative estimate of drug-likeness (QED) is 0.771. The Hall–Kier alpha value is -1.80. The SMILES string of the molecule is O=C1CC(c2ccccc2)Oc2ccc(Cl)cc21. The Morgan fingerprint density at radius 2 is 1.89 bits per heavy atom. The molecule has 2 aromatic rings. The molecule has 0 aliphatic carbocycles. The lowest BCUT2D eigenvalue weighted by Crippen LogP contribution is -2.20. The summed E-state index contributed by atoms with van der Waals surface area (Å²) in [5, 5.41) is 0.559. The second-order valence-electron chi connectivity index (χ2n) is 4.28. The van der Waals surface area contributed by atoms with Gasteiger partial charge in [0.2, 0.25) is 0 Å². The van der Waals surface area contributed by atoms with Crippen molar-refractivity contribution in [2.45, 2.75) is 12.5 Å². The lowest BCUT2D eigenvalue weighted by atomic mass is 9.96. The molecular weight excluding hydrogens is 248 g/mol. The molecule has 0 amide bonds. The molecule has 1 atom stereocenters. The Morgan fingerprint density at radius 3 is 2.67 bits per heavy atom. The third-order valence-electron chi connectivity index (χ3n) is 3.05. The van der Waals surface area contributed by atoms with Crippen LogP contribution in [0.2, 0.25) is 5.02 Å². The normalized spacial score (nSPS) is 18.1. The van der Waals surface area contributed by atoms with E-state index in [4.69, 9.17) is 16.3 Å². The third kappa shape index (κ3) is 2.00. The molecule has 1 aliphatic heterocycles. The van der Waals surface area contributed by atoms with Gasteiger partial charge in [0.25, 0.3) is 0 Å². The summed E-state index contributed by atoms with van der Waals surface area (Å²) in [6, 6.07) is 14.9. The van der Waals surface area contributed by atoms with Crippen molar-refractivity contribution in [2.75, 3.05) is 0 Å². The van der Waals surface area contributed by atoms with Crippen molar-refractivity contribution in [1.29, 1.82) is 0 Å². The minimum absolute atomic E-state index is 0.0765. The maximum Gasteiger partial charge on any atom is 0.170 e. The molecule has 2 nitrogen and oxygen atoms in total. The number of carbonyl (C=O) groups excluding carboxylic acids is 1. The summed E-state index contributed by atoms with van der Waals surface area (Å²) in [5.74, 6) is 0.692. The van der Waals surface area contributed by atoms with E-state index in [0.29, 0.717) is 22.8 Å². The molecule has 0 fully saturated rings. The monoisotopic (exact) mass is 258 g/mol. The van der Waals surface area contributed by atoms with Crippen LogP contribution < -0.4 is 4.74 Å². The first-order valence-corrected chi connectivity index (χ1v) is 6.16. The minimum atomic E-state index is -0.202. The molecule has 0 aromatic heterocycles. The zero-order chi connectivity index (χ0) is 12.5. The summed E-state index contributed by atoms with van der Waals surface area (Å²) in [5.41, 5.74) is 1.60. The van der Waals surface area contributed by atoms with Crippen LogP contribution in [0.15, 0.2) is 48.5 Å². The van der Waals surface area contributed by atoms with Crippen molar-refractivity contribution in [1.82, 2.24) is 0 Å². The maximum atomic E-state index is 12.1. The van der Waals surface area contributed by atoms with Crippen LogP contribution in [0.1, 0.15) is 28.4 Å². The number of benzene rings is 2. The number of carbonyl (C=O) groups is 1. The number of ketones is 1. The molecule has 0 N–H and O–H groups in total. The van der Waals surface area contributed by atoms with Crippen molar-refractivity contribution >= 4 is 17.4 Å². The average molecular weight is 259 g/mol. The second kappa shape index (κ2) is 4.46. The van der Waals surface area contributed by atoms with Gasteiger partial charge in [-0.05, 0) is 23.8 Å². The van der Waals surface area contributed by atoms with Gasteiger partial charge in [-0.25, -0.2) is 0 Å². The summed E-state index contributed by atoms with van der Waals surface area (Å²) in [7, 11) is 0. The van der Waals surface area contributed by atoms with Gasteiger partial charge in [-0.3, -0.25) is 4.79 Å². The van der Waals surface area contributed by atoms with Gasteiger partial charge in [-0.2, -0.15) is 0 Å². The fraction of sp³-hybridized carbons (Fsp3) is 0.133. The Labute approximate surface area is 110 Å². The van der Waals surface area contributed by atoms with E-state index in [1.807, 2.05) is 30.3 Å². The summed E-state index contributed by atoms with van der Waals surface area (Å²) in [6.07, 6.45) is 0.157. The zero-order valence-corrected chi connectivity index (χ0v) is 10.4. The van der Waals surface area contributed by atoms with Gasteiger partial charge >= 0.3 is 0 Å². The summed E-state index contributed by atoms with van der Waals surface area (Å²) in [6.45, 7) is 0. The highest BCUT2D eigenvalue weighted by Crippen LogP contribution is 2.35. The maximum absolute atomic E-state index is 12.1. The van der Waals surface area contributed by atoms with Gasteiger partial charge in [0.15, 0.2) is 5.78 Å². The zero-order valence-electron chi connectivity index (χ0n) is 9.60. The minimum Gasteiger partial charge on any atom is -0.484 e. The lowest BCUT2D eigenvalue weighted by molar-refractivity contribution is 0.0850. The van der Waals surface area contributed by atoms with Crippen molar-refractivity contribution in [3.8, 4) is 5.75 Å². The van der Waals surface area contributed by atoms with Gasteiger partial charge in [-0.1, -0.05) is 41.9 Å². The molecule has 18 heavy (non-hydrogen) atoms. The Morgan fingerprint density at radius 1 is 1.11 bits per heavy atom. The predicted molar refractivity (Wildman–Crippen MR) is 70.2 cm³/mol. The van der Waals surface area contributed by atoms with Crippen LogP contribution >= 0.6 is 11.6 Å². The lowest BCUT2D eigenvalue weighted by Gasteiger charge is -2.25. The van der Waals surface area contributed by atoms with Gasteiger partial charge < -0.3 is 4.74 Å². The molecule has 1 heterocycles. The molecule has 1 aliphatic rings. The van der Waals surface area contributed by atoms with E-state index < -0.39 is 0 Å². The first kappa shape index (κ1) is 11.3. The molecule has 1 unspecified atom stereocenters. The number of Topliss-reactive ketones (excluding diaryl/α,β-unsaturated/α-hetero) is 1. The Kier molecular flexibility index (Phi) is 2.80. The highest BCUT2D eigenvalue weighted by molar-refractivity contribution is 6.31. The van der Waals surface area contributed by atoms with Crippen LogP contribution in [0.3, 0.4) is 0 Å². The van der Waals surface area contributed by atoms with E-state index >= 15 is 0 Å². The summed E-state index contributed by atoms with van der Waals surface area (Å²) in [4.78, 5) is 12.1. The topological polar surface area (TPSA) is 26.3 Å². The number of fused-ring (bicyclic) bond motifs is 1. The first-order chi connectivity index (χ1) is 8.74. The molecule has 90 valence electrons. The van der Waals surface area contributed by atoms with Gasteiger partial charge in [-0.15, -0.1) is 0 Å². The largest absolute Gasteiger partial charge is 0.484 e. The number of ether oxygens (including phenoxy) is 1. The molecule has 0 saturated heterocycles. The summed E-state index contributed by atoms with van der Waals surface area (Å²) < 4.78 is 5.86. The number of halogens is 1. The standard InChI is InChI=1S/C15H11ClO2/c16-11-6-7-14-12(8-11)13(17)9-15(18-14)10-4-2-1-3-5-10/h1-8,15H,9H2. The van der Waals surface area contributed by atoms with Crippen LogP contribution in [0.5, 0.6) is 5.75 Å². The smallest absolute Gasteiger partial charge is 0.170 e. The molecule has 3 rings (SSSR count). The van der Waals surface area contributed by atoms with E-state index in [1.54, 1.807) is 18.2 Å². The fourth-order valence-corrected chi connectivity index (χ4v) is 2.32. The third-order valence-corrected chi connectivity index (χ3v) is 3.29. The highest BCUT2D eigenvalue weighted by atomic mass is 35.5. The Bertz CT molecular complexity index is 593. The first-order valence-electron chi connectivity index (χ1n) is 5.78. The number of hydrogen-bond donors (Lipinski definition) is 0. The van der Waals surface area contributed by atoms with Crippen LogP contribution in [0, 0.1) is 0 Å². The molecule has 3 heteroatoms. The molecular formula is C15H11ClO2. The van der Waals surface area contributed by atoms with Crippen LogP contribution in [0.25, 0.3) is 0 Å². The predicted octanol–water partition coefficient (Wildman–Crippen LogP) is 4.05.